The molecule has 0 bridgehead atoms. The summed E-state index contributed by atoms with van der Waals surface area (Å²) < 4.78 is 1.83. The molecule has 0 amide bonds. The summed E-state index contributed by atoms with van der Waals surface area (Å²) in [4.78, 5) is 0. The number of hydrogen-bond donors (Lipinski definition) is 1. The minimum atomic E-state index is -0.143. The molecule has 3 heteroatoms. The second kappa shape index (κ2) is 5.21. The zero-order chi connectivity index (χ0) is 12.3. The van der Waals surface area contributed by atoms with Crippen LogP contribution in [-0.4, -0.2) is 21.0 Å². The fraction of sp³-hybridized carbons (Fsp3) is 0.786. The summed E-state index contributed by atoms with van der Waals surface area (Å²) in [6, 6.07) is 0. The van der Waals surface area contributed by atoms with E-state index in [0.29, 0.717) is 0 Å². The predicted octanol–water partition coefficient (Wildman–Crippen LogP) is 2.68. The highest BCUT2D eigenvalue weighted by Gasteiger charge is 2.38. The van der Waals surface area contributed by atoms with Gasteiger partial charge in [-0.15, -0.1) is 0 Å². The van der Waals surface area contributed by atoms with Crippen LogP contribution < -0.4 is 0 Å². The molecule has 0 radical (unpaired) electrons. The van der Waals surface area contributed by atoms with Gasteiger partial charge in [0.05, 0.1) is 12.3 Å². The van der Waals surface area contributed by atoms with Gasteiger partial charge in [0.2, 0.25) is 0 Å². The zero-order valence-electron chi connectivity index (χ0n) is 11.0. The lowest BCUT2D eigenvalue weighted by Gasteiger charge is -2.33. The van der Waals surface area contributed by atoms with Gasteiger partial charge in [-0.25, -0.2) is 0 Å². The SMILES string of the molecule is CCC1(C(O)CCc2cnn(C)c2)CCCC1. The smallest absolute Gasteiger partial charge is 0.0599 e. The van der Waals surface area contributed by atoms with Crippen molar-refractivity contribution in [2.24, 2.45) is 12.5 Å². The Balaban J connectivity index is 1.90. The van der Waals surface area contributed by atoms with Crippen molar-refractivity contribution in [2.75, 3.05) is 0 Å². The van der Waals surface area contributed by atoms with E-state index in [1.165, 1.54) is 31.2 Å². The Kier molecular flexibility index (Phi) is 3.87. The van der Waals surface area contributed by atoms with E-state index in [1.807, 2.05) is 24.1 Å². The molecule has 1 aromatic rings. The lowest BCUT2D eigenvalue weighted by Crippen LogP contribution is -2.32. The maximum atomic E-state index is 10.4. The number of rotatable bonds is 5. The maximum Gasteiger partial charge on any atom is 0.0599 e. The Morgan fingerprint density at radius 3 is 2.71 bits per heavy atom. The first-order valence-corrected chi connectivity index (χ1v) is 6.82. The highest BCUT2D eigenvalue weighted by molar-refractivity contribution is 5.04. The Bertz CT molecular complexity index is 353. The minimum absolute atomic E-state index is 0.143. The number of aliphatic hydroxyl groups is 1. The van der Waals surface area contributed by atoms with Crippen LogP contribution in [-0.2, 0) is 13.5 Å². The summed E-state index contributed by atoms with van der Waals surface area (Å²) in [6.45, 7) is 2.22. The third-order valence-electron chi connectivity index (χ3n) is 4.48. The molecule has 1 aliphatic carbocycles. The fourth-order valence-corrected chi connectivity index (χ4v) is 3.21. The van der Waals surface area contributed by atoms with Crippen molar-refractivity contribution in [1.82, 2.24) is 9.78 Å². The molecule has 1 heterocycles. The van der Waals surface area contributed by atoms with Gasteiger partial charge >= 0.3 is 0 Å². The quantitative estimate of drug-likeness (QED) is 0.853. The Morgan fingerprint density at radius 2 is 2.18 bits per heavy atom. The molecule has 0 aromatic carbocycles. The van der Waals surface area contributed by atoms with Gasteiger partial charge in [0.15, 0.2) is 0 Å². The Labute approximate surface area is 104 Å². The number of aliphatic hydroxyl groups excluding tert-OH is 1. The molecule has 1 aliphatic rings. The van der Waals surface area contributed by atoms with Crippen LogP contribution in [0.5, 0.6) is 0 Å². The van der Waals surface area contributed by atoms with Gasteiger partial charge in [-0.05, 0) is 43.1 Å². The molecule has 96 valence electrons. The first kappa shape index (κ1) is 12.6. The van der Waals surface area contributed by atoms with E-state index in [2.05, 4.69) is 12.0 Å². The highest BCUT2D eigenvalue weighted by atomic mass is 16.3. The third kappa shape index (κ3) is 2.71. The zero-order valence-corrected chi connectivity index (χ0v) is 11.0. The van der Waals surface area contributed by atoms with Gasteiger partial charge in [-0.2, -0.15) is 5.10 Å². The first-order valence-electron chi connectivity index (χ1n) is 6.82. The summed E-state index contributed by atoms with van der Waals surface area (Å²) in [5, 5.41) is 14.6. The van der Waals surface area contributed by atoms with Crippen molar-refractivity contribution < 1.29 is 5.11 Å². The van der Waals surface area contributed by atoms with E-state index >= 15 is 0 Å². The van der Waals surface area contributed by atoms with Gasteiger partial charge in [0.25, 0.3) is 0 Å². The van der Waals surface area contributed by atoms with Gasteiger partial charge < -0.3 is 5.11 Å². The minimum Gasteiger partial charge on any atom is -0.393 e. The molecule has 1 fully saturated rings. The molecule has 1 aromatic heterocycles. The molecule has 1 unspecified atom stereocenters. The molecule has 3 nitrogen and oxygen atoms in total. The van der Waals surface area contributed by atoms with E-state index in [0.717, 1.165) is 19.3 Å². The van der Waals surface area contributed by atoms with Gasteiger partial charge in [0, 0.05) is 13.2 Å². The van der Waals surface area contributed by atoms with Crippen molar-refractivity contribution in [2.45, 2.75) is 58.0 Å². The lowest BCUT2D eigenvalue weighted by atomic mass is 9.76. The van der Waals surface area contributed by atoms with Crippen LogP contribution >= 0.6 is 0 Å². The normalized spacial score (nSPS) is 20.6. The molecule has 1 saturated carbocycles. The second-order valence-electron chi connectivity index (χ2n) is 5.50. The van der Waals surface area contributed by atoms with E-state index in [4.69, 9.17) is 0 Å². The summed E-state index contributed by atoms with van der Waals surface area (Å²) in [5.74, 6) is 0. The largest absolute Gasteiger partial charge is 0.393 e. The van der Waals surface area contributed by atoms with E-state index in [9.17, 15) is 5.11 Å². The van der Waals surface area contributed by atoms with Gasteiger partial charge in [-0.3, -0.25) is 4.68 Å². The number of hydrogen-bond acceptors (Lipinski definition) is 2. The van der Waals surface area contributed by atoms with Crippen LogP contribution in [0.25, 0.3) is 0 Å². The molecule has 0 saturated heterocycles. The summed E-state index contributed by atoms with van der Waals surface area (Å²) in [7, 11) is 1.93. The Morgan fingerprint density at radius 1 is 1.47 bits per heavy atom. The van der Waals surface area contributed by atoms with Crippen molar-refractivity contribution in [3.05, 3.63) is 18.0 Å². The molecule has 0 spiro atoms. The van der Waals surface area contributed by atoms with Gasteiger partial charge in [-0.1, -0.05) is 19.8 Å². The van der Waals surface area contributed by atoms with Crippen molar-refractivity contribution in [1.29, 1.82) is 0 Å². The number of aromatic nitrogens is 2. The lowest BCUT2D eigenvalue weighted by molar-refractivity contribution is 0.0192. The summed E-state index contributed by atoms with van der Waals surface area (Å²) >= 11 is 0. The molecular weight excluding hydrogens is 212 g/mol. The van der Waals surface area contributed by atoms with Crippen LogP contribution in [0.15, 0.2) is 12.4 Å². The molecule has 0 aliphatic heterocycles. The number of nitrogens with zero attached hydrogens (tertiary/aromatic N) is 2. The van der Waals surface area contributed by atoms with Crippen molar-refractivity contribution >= 4 is 0 Å². The van der Waals surface area contributed by atoms with Crippen LogP contribution in [0, 0.1) is 5.41 Å². The molecule has 1 N–H and O–H groups in total. The predicted molar refractivity (Wildman–Crippen MR) is 68.7 cm³/mol. The first-order chi connectivity index (χ1) is 8.16. The van der Waals surface area contributed by atoms with E-state index in [1.54, 1.807) is 0 Å². The second-order valence-corrected chi connectivity index (χ2v) is 5.50. The summed E-state index contributed by atoms with van der Waals surface area (Å²) in [5.41, 5.74) is 1.44. The van der Waals surface area contributed by atoms with E-state index in [-0.39, 0.29) is 11.5 Å². The number of aryl methyl sites for hydroxylation is 2. The monoisotopic (exact) mass is 236 g/mol. The molecule has 2 rings (SSSR count). The average Bonchev–Trinajstić information content (AvgIpc) is 2.95. The molecular formula is C14H24N2O. The Hall–Kier alpha value is -0.830. The topological polar surface area (TPSA) is 38.1 Å². The summed E-state index contributed by atoms with van der Waals surface area (Å²) in [6.07, 6.45) is 11.7. The van der Waals surface area contributed by atoms with Crippen molar-refractivity contribution in [3.63, 3.8) is 0 Å². The van der Waals surface area contributed by atoms with Gasteiger partial charge in [0.1, 0.15) is 0 Å². The van der Waals surface area contributed by atoms with Crippen LogP contribution in [0.2, 0.25) is 0 Å². The standard InChI is InChI=1S/C14H24N2O/c1-3-14(8-4-5-9-14)13(17)7-6-12-10-15-16(2)11-12/h10-11,13,17H,3-9H2,1-2H3. The molecule has 1 atom stereocenters. The molecule has 17 heavy (non-hydrogen) atoms. The highest BCUT2D eigenvalue weighted by Crippen LogP contribution is 2.44. The average molecular weight is 236 g/mol. The fourth-order valence-electron chi connectivity index (χ4n) is 3.21. The maximum absolute atomic E-state index is 10.4. The van der Waals surface area contributed by atoms with Crippen LogP contribution in [0.3, 0.4) is 0 Å². The van der Waals surface area contributed by atoms with Crippen molar-refractivity contribution in [3.8, 4) is 0 Å². The van der Waals surface area contributed by atoms with E-state index < -0.39 is 0 Å². The van der Waals surface area contributed by atoms with Crippen LogP contribution in [0.4, 0.5) is 0 Å². The third-order valence-corrected chi connectivity index (χ3v) is 4.48. The van der Waals surface area contributed by atoms with Crippen LogP contribution in [0.1, 0.15) is 51.0 Å².